The Kier molecular flexibility index (Phi) is 4.71. The zero-order valence-electron chi connectivity index (χ0n) is 13.1. The van der Waals surface area contributed by atoms with Crippen LogP contribution in [-0.2, 0) is 0 Å². The molecule has 2 heterocycles. The van der Waals surface area contributed by atoms with E-state index in [0.29, 0.717) is 19.0 Å². The van der Waals surface area contributed by atoms with Crippen LogP contribution >= 0.6 is 0 Å². The van der Waals surface area contributed by atoms with Crippen molar-refractivity contribution in [2.45, 2.75) is 25.9 Å². The van der Waals surface area contributed by atoms with E-state index in [9.17, 15) is 4.79 Å². The van der Waals surface area contributed by atoms with E-state index in [4.69, 9.17) is 4.74 Å². The fourth-order valence-electron chi connectivity index (χ4n) is 2.62. The van der Waals surface area contributed by atoms with Gasteiger partial charge < -0.3 is 15.0 Å². The number of aromatic nitrogens is 2. The maximum Gasteiger partial charge on any atom is 0.321 e. The number of piperidine rings is 1. The van der Waals surface area contributed by atoms with Gasteiger partial charge in [0.15, 0.2) is 0 Å². The van der Waals surface area contributed by atoms with Crippen LogP contribution in [0.1, 0.15) is 18.4 Å². The van der Waals surface area contributed by atoms with Gasteiger partial charge in [0.1, 0.15) is 6.10 Å². The molecule has 0 atom stereocenters. The van der Waals surface area contributed by atoms with Crippen LogP contribution in [0, 0.1) is 6.92 Å². The summed E-state index contributed by atoms with van der Waals surface area (Å²) in [6, 6.07) is 7.74. The maximum atomic E-state index is 12.3. The van der Waals surface area contributed by atoms with Gasteiger partial charge >= 0.3 is 6.03 Å². The molecule has 0 spiro atoms. The van der Waals surface area contributed by atoms with E-state index in [1.807, 2.05) is 36.1 Å². The number of urea groups is 1. The topological polar surface area (TPSA) is 67.4 Å². The average molecular weight is 312 g/mol. The molecule has 1 aromatic carbocycles. The summed E-state index contributed by atoms with van der Waals surface area (Å²) in [4.78, 5) is 22.2. The lowest BCUT2D eigenvalue weighted by Gasteiger charge is -2.31. The summed E-state index contributed by atoms with van der Waals surface area (Å²) >= 11 is 0. The molecule has 23 heavy (non-hydrogen) atoms. The number of rotatable bonds is 3. The third-order valence-electron chi connectivity index (χ3n) is 3.83. The van der Waals surface area contributed by atoms with Gasteiger partial charge in [-0.2, -0.15) is 0 Å². The Labute approximate surface area is 135 Å². The molecule has 1 aromatic heterocycles. The maximum absolute atomic E-state index is 12.3. The first-order chi connectivity index (χ1) is 11.2. The van der Waals surface area contributed by atoms with Crippen molar-refractivity contribution >= 4 is 11.7 Å². The molecule has 2 aromatic rings. The number of nitrogens with one attached hydrogen (secondary N) is 1. The van der Waals surface area contributed by atoms with E-state index in [0.717, 1.165) is 24.1 Å². The Balaban J connectivity index is 1.49. The molecule has 2 amide bonds. The van der Waals surface area contributed by atoms with Crippen LogP contribution < -0.4 is 10.1 Å². The third kappa shape index (κ3) is 4.18. The van der Waals surface area contributed by atoms with Crippen molar-refractivity contribution in [1.82, 2.24) is 14.9 Å². The van der Waals surface area contributed by atoms with Gasteiger partial charge in [0.2, 0.25) is 5.88 Å². The highest BCUT2D eigenvalue weighted by atomic mass is 16.5. The highest BCUT2D eigenvalue weighted by Gasteiger charge is 2.24. The van der Waals surface area contributed by atoms with E-state index in [1.54, 1.807) is 18.6 Å². The van der Waals surface area contributed by atoms with Crippen molar-refractivity contribution in [3.63, 3.8) is 0 Å². The zero-order valence-corrected chi connectivity index (χ0v) is 13.1. The molecule has 0 unspecified atom stereocenters. The molecule has 3 rings (SSSR count). The lowest BCUT2D eigenvalue weighted by molar-refractivity contribution is 0.111. The summed E-state index contributed by atoms with van der Waals surface area (Å²) in [6.07, 6.45) is 6.49. The van der Waals surface area contributed by atoms with E-state index >= 15 is 0 Å². The molecule has 0 bridgehead atoms. The first-order valence-electron chi connectivity index (χ1n) is 7.76. The molecule has 1 saturated heterocycles. The van der Waals surface area contributed by atoms with E-state index < -0.39 is 0 Å². The largest absolute Gasteiger partial charge is 0.473 e. The molecule has 0 aliphatic carbocycles. The summed E-state index contributed by atoms with van der Waals surface area (Å²) < 4.78 is 5.79. The number of aryl methyl sites for hydroxylation is 1. The lowest BCUT2D eigenvalue weighted by Crippen LogP contribution is -2.43. The number of carbonyl (C=O) groups is 1. The quantitative estimate of drug-likeness (QED) is 0.946. The molecule has 1 fully saturated rings. The van der Waals surface area contributed by atoms with Gasteiger partial charge in [0.05, 0.1) is 6.20 Å². The van der Waals surface area contributed by atoms with E-state index in [1.165, 1.54) is 0 Å². The molecular weight excluding hydrogens is 292 g/mol. The first kappa shape index (κ1) is 15.3. The van der Waals surface area contributed by atoms with Gasteiger partial charge in [-0.3, -0.25) is 4.98 Å². The predicted octanol–water partition coefficient (Wildman–Crippen LogP) is 2.86. The van der Waals surface area contributed by atoms with Gasteiger partial charge in [-0.1, -0.05) is 12.1 Å². The second kappa shape index (κ2) is 7.09. The lowest BCUT2D eigenvalue weighted by atomic mass is 10.1. The van der Waals surface area contributed by atoms with Crippen LogP contribution in [0.3, 0.4) is 0 Å². The fourth-order valence-corrected chi connectivity index (χ4v) is 2.62. The number of carbonyl (C=O) groups excluding carboxylic acids is 1. The van der Waals surface area contributed by atoms with E-state index in [-0.39, 0.29) is 12.1 Å². The van der Waals surface area contributed by atoms with Crippen LogP contribution in [0.15, 0.2) is 42.9 Å². The van der Waals surface area contributed by atoms with Gasteiger partial charge in [-0.05, 0) is 24.6 Å². The van der Waals surface area contributed by atoms with Crippen molar-refractivity contribution in [1.29, 1.82) is 0 Å². The Hall–Kier alpha value is -2.63. The van der Waals surface area contributed by atoms with Crippen LogP contribution in [0.5, 0.6) is 5.88 Å². The van der Waals surface area contributed by atoms with Crippen molar-refractivity contribution in [2.24, 2.45) is 0 Å². The molecule has 1 aliphatic rings. The minimum atomic E-state index is -0.0615. The number of likely N-dealkylation sites (tertiary alicyclic amines) is 1. The summed E-state index contributed by atoms with van der Waals surface area (Å²) in [7, 11) is 0. The number of amides is 2. The summed E-state index contributed by atoms with van der Waals surface area (Å²) in [5, 5.41) is 2.94. The van der Waals surface area contributed by atoms with Gasteiger partial charge in [0.25, 0.3) is 0 Å². The Bertz CT molecular complexity index is 655. The number of hydrogen-bond acceptors (Lipinski definition) is 4. The molecule has 6 heteroatoms. The summed E-state index contributed by atoms with van der Waals surface area (Å²) in [6.45, 7) is 3.34. The smallest absolute Gasteiger partial charge is 0.321 e. The number of nitrogens with zero attached hydrogens (tertiary/aromatic N) is 3. The van der Waals surface area contributed by atoms with Crippen LogP contribution in [0.2, 0.25) is 0 Å². The molecule has 0 saturated carbocycles. The van der Waals surface area contributed by atoms with Gasteiger partial charge in [0, 0.05) is 44.0 Å². The van der Waals surface area contributed by atoms with Crippen molar-refractivity contribution < 1.29 is 9.53 Å². The van der Waals surface area contributed by atoms with Crippen LogP contribution in [0.25, 0.3) is 0 Å². The molecular formula is C17H20N4O2. The van der Waals surface area contributed by atoms with Crippen molar-refractivity contribution in [3.05, 3.63) is 48.4 Å². The number of ether oxygens (including phenoxy) is 1. The SMILES string of the molecule is Cc1cccc(NC(=O)N2CCC(Oc3cnccn3)CC2)c1. The Morgan fingerprint density at radius 1 is 1.30 bits per heavy atom. The highest BCUT2D eigenvalue weighted by molar-refractivity contribution is 5.89. The first-order valence-corrected chi connectivity index (χ1v) is 7.76. The van der Waals surface area contributed by atoms with Gasteiger partial charge in [-0.25, -0.2) is 9.78 Å². The molecule has 1 aliphatic heterocycles. The highest BCUT2D eigenvalue weighted by Crippen LogP contribution is 2.18. The average Bonchev–Trinajstić information content (AvgIpc) is 2.56. The minimum Gasteiger partial charge on any atom is -0.473 e. The molecule has 0 radical (unpaired) electrons. The second-order valence-corrected chi connectivity index (χ2v) is 5.65. The zero-order chi connectivity index (χ0) is 16.1. The fraction of sp³-hybridized carbons (Fsp3) is 0.353. The summed E-state index contributed by atoms with van der Waals surface area (Å²) in [5.74, 6) is 0.537. The minimum absolute atomic E-state index is 0.0615. The summed E-state index contributed by atoms with van der Waals surface area (Å²) in [5.41, 5.74) is 1.95. The van der Waals surface area contributed by atoms with E-state index in [2.05, 4.69) is 15.3 Å². The standard InChI is InChI=1S/C17H20N4O2/c1-13-3-2-4-14(11-13)20-17(22)21-9-5-15(6-10-21)23-16-12-18-7-8-19-16/h2-4,7-8,11-12,15H,5-6,9-10H2,1H3,(H,20,22). The monoisotopic (exact) mass is 312 g/mol. The van der Waals surface area contributed by atoms with Gasteiger partial charge in [-0.15, -0.1) is 0 Å². The number of hydrogen-bond donors (Lipinski definition) is 1. The number of benzene rings is 1. The molecule has 1 N–H and O–H groups in total. The third-order valence-corrected chi connectivity index (χ3v) is 3.83. The number of anilines is 1. The predicted molar refractivity (Wildman–Crippen MR) is 87.5 cm³/mol. The Morgan fingerprint density at radius 3 is 2.83 bits per heavy atom. The molecule has 6 nitrogen and oxygen atoms in total. The Morgan fingerprint density at radius 2 is 2.13 bits per heavy atom. The van der Waals surface area contributed by atoms with Crippen LogP contribution in [-0.4, -0.2) is 40.1 Å². The normalized spacial score (nSPS) is 15.3. The second-order valence-electron chi connectivity index (χ2n) is 5.65. The molecule has 120 valence electrons. The van der Waals surface area contributed by atoms with Crippen molar-refractivity contribution in [2.75, 3.05) is 18.4 Å². The van der Waals surface area contributed by atoms with Crippen LogP contribution in [0.4, 0.5) is 10.5 Å². The van der Waals surface area contributed by atoms with Crippen molar-refractivity contribution in [3.8, 4) is 5.88 Å².